The SMILES string of the molecule is CCCCC(CC)Cc1ccc(C(=O)c2cc(C(=O)O)c(C(=O)c3ccc(CC(CC)CCCC)cc3)cc2C(=O)O)cc1.CCCCC(CC)Cc1ccc(C(=O)c2cc(C(=O)c3ccc(CC(CC)CCCC)cc3)c(C(=O)O)cc2C(=O)O)cc1. The summed E-state index contributed by atoms with van der Waals surface area (Å²) in [4.78, 5) is 103. The Morgan fingerprint density at radius 2 is 0.443 bits per heavy atom. The number of carbonyl (C=O) groups excluding carboxylic acids is 4. The van der Waals surface area contributed by atoms with Crippen LogP contribution in [0, 0.1) is 23.7 Å². The van der Waals surface area contributed by atoms with Crippen LogP contribution in [0.2, 0.25) is 0 Å². The first-order valence-electron chi connectivity index (χ1n) is 32.1. The number of carbonyl (C=O) groups is 8. The second-order valence-corrected chi connectivity index (χ2v) is 23.7. The van der Waals surface area contributed by atoms with E-state index in [-0.39, 0.29) is 44.5 Å². The highest BCUT2D eigenvalue weighted by Crippen LogP contribution is 2.29. The van der Waals surface area contributed by atoms with E-state index in [0.717, 1.165) is 149 Å². The normalized spacial score (nSPS) is 12.5. The van der Waals surface area contributed by atoms with Crippen molar-refractivity contribution in [2.24, 2.45) is 23.7 Å². The van der Waals surface area contributed by atoms with E-state index in [4.69, 9.17) is 0 Å². The molecule has 0 heterocycles. The summed E-state index contributed by atoms with van der Waals surface area (Å²) in [5.74, 6) is -5.86. The van der Waals surface area contributed by atoms with Crippen LogP contribution < -0.4 is 0 Å². The third-order valence-corrected chi connectivity index (χ3v) is 17.4. The van der Waals surface area contributed by atoms with Crippen molar-refractivity contribution in [2.45, 2.75) is 184 Å². The van der Waals surface area contributed by atoms with Crippen LogP contribution in [0.1, 0.15) is 285 Å². The Morgan fingerprint density at radius 3 is 0.602 bits per heavy atom. The van der Waals surface area contributed by atoms with Crippen LogP contribution in [-0.2, 0) is 25.7 Å². The highest BCUT2D eigenvalue weighted by atomic mass is 16.4. The molecule has 88 heavy (non-hydrogen) atoms. The number of benzene rings is 6. The molecule has 12 nitrogen and oxygen atoms in total. The van der Waals surface area contributed by atoms with E-state index in [1.165, 1.54) is 25.7 Å². The number of aromatic carboxylic acids is 4. The van der Waals surface area contributed by atoms with Crippen molar-refractivity contribution in [3.8, 4) is 0 Å². The van der Waals surface area contributed by atoms with Crippen LogP contribution >= 0.6 is 0 Å². The molecule has 0 saturated carbocycles. The van der Waals surface area contributed by atoms with E-state index in [9.17, 15) is 58.8 Å². The molecule has 0 aliphatic heterocycles. The van der Waals surface area contributed by atoms with Crippen LogP contribution in [0.4, 0.5) is 0 Å². The largest absolute Gasteiger partial charge is 0.478 e. The molecule has 4 atom stereocenters. The fourth-order valence-corrected chi connectivity index (χ4v) is 11.6. The molecule has 0 fully saturated rings. The molecule has 6 aromatic rings. The second-order valence-electron chi connectivity index (χ2n) is 23.7. The van der Waals surface area contributed by atoms with Gasteiger partial charge in [-0.25, -0.2) is 19.2 Å². The Kier molecular flexibility index (Phi) is 28.6. The van der Waals surface area contributed by atoms with E-state index < -0.39 is 69.3 Å². The molecule has 0 spiro atoms. The molecule has 0 aromatic heterocycles. The minimum absolute atomic E-state index is 0.216. The van der Waals surface area contributed by atoms with Crippen molar-refractivity contribution in [1.82, 2.24) is 0 Å². The number of carboxylic acids is 4. The zero-order valence-corrected chi connectivity index (χ0v) is 53.1. The van der Waals surface area contributed by atoms with Crippen molar-refractivity contribution in [1.29, 1.82) is 0 Å². The molecule has 12 heteroatoms. The average molecular weight is 1200 g/mol. The summed E-state index contributed by atoms with van der Waals surface area (Å²) < 4.78 is 0. The van der Waals surface area contributed by atoms with Crippen molar-refractivity contribution in [2.75, 3.05) is 0 Å². The van der Waals surface area contributed by atoms with Crippen LogP contribution in [-0.4, -0.2) is 67.4 Å². The third kappa shape index (κ3) is 20.0. The molecule has 0 amide bonds. The topological polar surface area (TPSA) is 217 Å². The molecule has 0 aliphatic rings. The molecule has 6 aromatic carbocycles. The van der Waals surface area contributed by atoms with Gasteiger partial charge < -0.3 is 20.4 Å². The van der Waals surface area contributed by atoms with E-state index in [0.29, 0.717) is 23.7 Å². The number of rotatable bonds is 36. The quantitative estimate of drug-likeness (QED) is 0.0270. The minimum atomic E-state index is -1.44. The Balaban J connectivity index is 0.000000321. The van der Waals surface area contributed by atoms with Crippen LogP contribution in [0.15, 0.2) is 121 Å². The predicted octanol–water partition coefficient (Wildman–Crippen LogP) is 18.1. The molecular weight excluding hydrogens is 1100 g/mol. The molecular formula is C76H92O12. The lowest BCUT2D eigenvalue weighted by atomic mass is 9.88. The fourth-order valence-electron chi connectivity index (χ4n) is 11.6. The Labute approximate surface area is 521 Å². The molecule has 0 bridgehead atoms. The molecule has 6 rings (SSSR count). The van der Waals surface area contributed by atoms with Gasteiger partial charge in [0.05, 0.1) is 22.3 Å². The van der Waals surface area contributed by atoms with E-state index in [1.807, 2.05) is 48.5 Å². The Morgan fingerprint density at radius 1 is 0.273 bits per heavy atom. The number of hydrogen-bond acceptors (Lipinski definition) is 8. The lowest BCUT2D eigenvalue weighted by molar-refractivity contribution is 0.0677. The molecule has 0 saturated heterocycles. The van der Waals surface area contributed by atoms with Gasteiger partial charge in [-0.05, 0) is 95.9 Å². The Bertz CT molecular complexity index is 3100. The summed E-state index contributed by atoms with van der Waals surface area (Å²) in [6, 6.07) is 32.4. The molecule has 0 aliphatic carbocycles. The standard InChI is InChI=1S/2C38H46O6/c1-5-9-11-25(7-3)21-27-13-17-29(18-14-27)35(39)31-23-34(38(43)44)32(24-33(31)37(41)42)36(40)30-19-15-28(16-20-30)22-26(8-4)12-10-6-2;1-5-9-11-25(7-3)21-27-13-17-29(18-14-27)35(39)31-23-32(34(38(43)44)24-33(31)37(41)42)36(40)30-19-15-28(16-20-30)22-26(8-4)12-10-6-2/h2*13-20,23-26H,5-12,21-22H2,1-4H3,(H,41,42)(H,43,44). The van der Waals surface area contributed by atoms with Gasteiger partial charge in [0.15, 0.2) is 23.1 Å². The van der Waals surface area contributed by atoms with Crippen molar-refractivity contribution >= 4 is 47.0 Å². The number of unbranched alkanes of at least 4 members (excludes halogenated alkanes) is 4. The smallest absolute Gasteiger partial charge is 0.336 e. The predicted molar refractivity (Wildman–Crippen MR) is 348 cm³/mol. The summed E-state index contributed by atoms with van der Waals surface area (Å²) in [6.45, 7) is 17.4. The number of carboxylic acid groups (broad SMARTS) is 4. The van der Waals surface area contributed by atoms with Gasteiger partial charge in [-0.3, -0.25) is 19.2 Å². The highest BCUT2D eigenvalue weighted by Gasteiger charge is 2.29. The summed E-state index contributed by atoms with van der Waals surface area (Å²) in [5, 5.41) is 39.8. The maximum atomic E-state index is 13.6. The summed E-state index contributed by atoms with van der Waals surface area (Å²) in [7, 11) is 0. The molecule has 468 valence electrons. The number of hydrogen-bond donors (Lipinski definition) is 4. The first-order chi connectivity index (χ1) is 42.2. The second kappa shape index (κ2) is 35.6. The van der Waals surface area contributed by atoms with Crippen molar-refractivity contribution in [3.05, 3.63) is 210 Å². The van der Waals surface area contributed by atoms with Crippen LogP contribution in [0.3, 0.4) is 0 Å². The van der Waals surface area contributed by atoms with Gasteiger partial charge in [0, 0.05) is 44.5 Å². The maximum absolute atomic E-state index is 13.6. The van der Waals surface area contributed by atoms with Crippen LogP contribution in [0.5, 0.6) is 0 Å². The molecule has 4 unspecified atom stereocenters. The first-order valence-corrected chi connectivity index (χ1v) is 32.1. The van der Waals surface area contributed by atoms with Gasteiger partial charge in [-0.2, -0.15) is 0 Å². The van der Waals surface area contributed by atoms with Crippen molar-refractivity contribution < 1.29 is 58.8 Å². The summed E-state index contributed by atoms with van der Waals surface area (Å²) in [5.41, 5.74) is 2.76. The van der Waals surface area contributed by atoms with Gasteiger partial charge in [0.1, 0.15) is 0 Å². The van der Waals surface area contributed by atoms with Crippen molar-refractivity contribution in [3.63, 3.8) is 0 Å². The lowest BCUT2D eigenvalue weighted by Crippen LogP contribution is -2.17. The summed E-state index contributed by atoms with van der Waals surface area (Å²) in [6.07, 6.45) is 21.7. The Hall–Kier alpha value is -8.12. The van der Waals surface area contributed by atoms with E-state index >= 15 is 0 Å². The number of ketones is 4. The third-order valence-electron chi connectivity index (χ3n) is 17.4. The zero-order valence-electron chi connectivity index (χ0n) is 53.1. The van der Waals surface area contributed by atoms with Gasteiger partial charge in [-0.1, -0.05) is 255 Å². The fraction of sp³-hybridized carbons (Fsp3) is 0.421. The summed E-state index contributed by atoms with van der Waals surface area (Å²) >= 11 is 0. The molecule has 4 N–H and O–H groups in total. The van der Waals surface area contributed by atoms with E-state index in [1.54, 1.807) is 48.5 Å². The zero-order chi connectivity index (χ0) is 64.5. The maximum Gasteiger partial charge on any atom is 0.336 e. The lowest BCUT2D eigenvalue weighted by Gasteiger charge is -2.15. The highest BCUT2D eigenvalue weighted by molar-refractivity contribution is 6.21. The minimum Gasteiger partial charge on any atom is -0.478 e. The van der Waals surface area contributed by atoms with E-state index in [2.05, 4.69) is 55.4 Å². The van der Waals surface area contributed by atoms with Crippen LogP contribution in [0.25, 0.3) is 0 Å². The first kappa shape index (κ1) is 70.6. The van der Waals surface area contributed by atoms with Gasteiger partial charge >= 0.3 is 23.9 Å². The molecule has 0 radical (unpaired) electrons. The van der Waals surface area contributed by atoms with Gasteiger partial charge in [-0.15, -0.1) is 0 Å². The van der Waals surface area contributed by atoms with Gasteiger partial charge in [0.25, 0.3) is 0 Å². The average Bonchev–Trinajstić information content (AvgIpc) is 3.05. The monoisotopic (exact) mass is 1200 g/mol. The van der Waals surface area contributed by atoms with Gasteiger partial charge in [0.2, 0.25) is 0 Å².